The minimum atomic E-state index is 0.780. The van der Waals surface area contributed by atoms with E-state index in [4.69, 9.17) is 0 Å². The highest BCUT2D eigenvalue weighted by Gasteiger charge is 2.07. The Morgan fingerprint density at radius 2 is 2.41 bits per heavy atom. The van der Waals surface area contributed by atoms with Crippen molar-refractivity contribution in [2.24, 2.45) is 0 Å². The van der Waals surface area contributed by atoms with Gasteiger partial charge in [0.2, 0.25) is 5.16 Å². The summed E-state index contributed by atoms with van der Waals surface area (Å²) in [6.45, 7) is 3.64. The smallest absolute Gasteiger partial charge is 0.209 e. The molecule has 0 aliphatic carbocycles. The SMILES string of the molecule is CNCCn1nnnc1SCc1csc(C)n1. The van der Waals surface area contributed by atoms with E-state index in [9.17, 15) is 0 Å². The van der Waals surface area contributed by atoms with Gasteiger partial charge in [-0.15, -0.1) is 16.4 Å². The summed E-state index contributed by atoms with van der Waals surface area (Å²) in [7, 11) is 1.91. The van der Waals surface area contributed by atoms with E-state index in [1.807, 2.05) is 14.0 Å². The lowest BCUT2D eigenvalue weighted by Gasteiger charge is -2.02. The van der Waals surface area contributed by atoms with Gasteiger partial charge < -0.3 is 5.32 Å². The molecule has 0 spiro atoms. The van der Waals surface area contributed by atoms with Crippen LogP contribution in [0.25, 0.3) is 0 Å². The van der Waals surface area contributed by atoms with Gasteiger partial charge >= 0.3 is 0 Å². The molecule has 0 saturated carbocycles. The van der Waals surface area contributed by atoms with Gasteiger partial charge in [-0.2, -0.15) is 0 Å². The van der Waals surface area contributed by atoms with Gasteiger partial charge in [-0.3, -0.25) is 0 Å². The lowest BCUT2D eigenvalue weighted by molar-refractivity contribution is 0.530. The summed E-state index contributed by atoms with van der Waals surface area (Å²) >= 11 is 3.28. The molecule has 6 nitrogen and oxygen atoms in total. The van der Waals surface area contributed by atoms with Crippen LogP contribution in [0.3, 0.4) is 0 Å². The summed E-state index contributed by atoms with van der Waals surface area (Å²) in [6, 6.07) is 0. The van der Waals surface area contributed by atoms with Crippen LogP contribution >= 0.6 is 23.1 Å². The monoisotopic (exact) mass is 270 g/mol. The Morgan fingerprint density at radius 3 is 3.12 bits per heavy atom. The lowest BCUT2D eigenvalue weighted by atomic mass is 10.6. The van der Waals surface area contributed by atoms with Crippen molar-refractivity contribution in [3.05, 3.63) is 16.1 Å². The van der Waals surface area contributed by atoms with E-state index in [1.165, 1.54) is 0 Å². The van der Waals surface area contributed by atoms with Crippen LogP contribution in [-0.4, -0.2) is 38.8 Å². The molecule has 0 radical (unpaired) electrons. The topological polar surface area (TPSA) is 68.5 Å². The Morgan fingerprint density at radius 1 is 1.53 bits per heavy atom. The van der Waals surface area contributed by atoms with Gasteiger partial charge in [0.15, 0.2) is 0 Å². The maximum absolute atomic E-state index is 4.41. The van der Waals surface area contributed by atoms with Crippen LogP contribution in [0.2, 0.25) is 0 Å². The van der Waals surface area contributed by atoms with E-state index in [1.54, 1.807) is 27.8 Å². The number of tetrazole rings is 1. The van der Waals surface area contributed by atoms with Crippen molar-refractivity contribution < 1.29 is 0 Å². The molecule has 1 N–H and O–H groups in total. The van der Waals surface area contributed by atoms with Crippen LogP contribution in [0, 0.1) is 6.92 Å². The molecular weight excluding hydrogens is 256 g/mol. The molecule has 2 aromatic rings. The molecule has 0 fully saturated rings. The number of aromatic nitrogens is 5. The fourth-order valence-corrected chi connectivity index (χ4v) is 2.78. The summed E-state index contributed by atoms with van der Waals surface area (Å²) < 4.78 is 1.81. The molecule has 0 aromatic carbocycles. The van der Waals surface area contributed by atoms with Crippen molar-refractivity contribution >= 4 is 23.1 Å². The molecular formula is C9H14N6S2. The van der Waals surface area contributed by atoms with E-state index in [2.05, 4.69) is 31.2 Å². The number of thiazole rings is 1. The molecule has 92 valence electrons. The van der Waals surface area contributed by atoms with Crippen molar-refractivity contribution in [3.63, 3.8) is 0 Å². The number of nitrogens with zero attached hydrogens (tertiary/aromatic N) is 5. The Bertz CT molecular complexity index is 466. The number of rotatable bonds is 6. The molecule has 0 aliphatic heterocycles. The molecule has 2 rings (SSSR count). The van der Waals surface area contributed by atoms with Crippen molar-refractivity contribution in [2.45, 2.75) is 24.4 Å². The molecule has 17 heavy (non-hydrogen) atoms. The summed E-state index contributed by atoms with van der Waals surface area (Å²) in [5.41, 5.74) is 1.08. The standard InChI is InChI=1S/C9H14N6S2/c1-7-11-8(5-16-7)6-17-9-12-13-14-15(9)4-3-10-2/h5,10H,3-4,6H2,1-2H3. The summed E-state index contributed by atoms with van der Waals surface area (Å²) in [6.07, 6.45) is 0. The Hall–Kier alpha value is -0.990. The second kappa shape index (κ2) is 6.08. The van der Waals surface area contributed by atoms with Crippen LogP contribution in [-0.2, 0) is 12.3 Å². The lowest BCUT2D eigenvalue weighted by Crippen LogP contribution is -2.16. The highest BCUT2D eigenvalue weighted by molar-refractivity contribution is 7.98. The maximum Gasteiger partial charge on any atom is 0.209 e. The van der Waals surface area contributed by atoms with Gasteiger partial charge in [0, 0.05) is 17.7 Å². The zero-order valence-electron chi connectivity index (χ0n) is 9.75. The van der Waals surface area contributed by atoms with Crippen molar-refractivity contribution in [1.82, 2.24) is 30.5 Å². The van der Waals surface area contributed by atoms with E-state index in [-0.39, 0.29) is 0 Å². The summed E-state index contributed by atoms with van der Waals surface area (Å²) in [5, 5.41) is 18.7. The van der Waals surface area contributed by atoms with Gasteiger partial charge in [-0.05, 0) is 24.4 Å². The van der Waals surface area contributed by atoms with E-state index in [0.717, 1.165) is 34.7 Å². The fourth-order valence-electron chi connectivity index (χ4n) is 1.27. The predicted octanol–water partition coefficient (Wildman–Crippen LogP) is 0.950. The van der Waals surface area contributed by atoms with Crippen LogP contribution in [0.5, 0.6) is 0 Å². The van der Waals surface area contributed by atoms with Gasteiger partial charge in [-0.25, -0.2) is 9.67 Å². The molecule has 0 amide bonds. The minimum absolute atomic E-state index is 0.780. The van der Waals surface area contributed by atoms with E-state index >= 15 is 0 Å². The Kier molecular flexibility index (Phi) is 4.46. The number of thioether (sulfide) groups is 1. The Labute approximate surface area is 108 Å². The first-order chi connectivity index (χ1) is 8.29. The third-order valence-corrected chi connectivity index (χ3v) is 3.90. The average molecular weight is 270 g/mol. The average Bonchev–Trinajstić information content (AvgIpc) is 2.92. The number of aryl methyl sites for hydroxylation is 1. The molecule has 0 unspecified atom stereocenters. The summed E-state index contributed by atoms with van der Waals surface area (Å²) in [5.74, 6) is 0.810. The van der Waals surface area contributed by atoms with E-state index in [0.29, 0.717) is 0 Å². The molecule has 2 aromatic heterocycles. The van der Waals surface area contributed by atoms with Gasteiger partial charge in [-0.1, -0.05) is 11.8 Å². The maximum atomic E-state index is 4.41. The second-order valence-corrected chi connectivity index (χ2v) is 5.44. The molecule has 0 atom stereocenters. The van der Waals surface area contributed by atoms with Crippen LogP contribution in [0.1, 0.15) is 10.7 Å². The highest BCUT2D eigenvalue weighted by atomic mass is 32.2. The quantitative estimate of drug-likeness (QED) is 0.788. The number of likely N-dealkylation sites (N-methyl/N-ethyl adjacent to an activating group) is 1. The fraction of sp³-hybridized carbons (Fsp3) is 0.556. The Balaban J connectivity index is 1.92. The molecule has 0 saturated heterocycles. The minimum Gasteiger partial charge on any atom is -0.318 e. The third-order valence-electron chi connectivity index (χ3n) is 2.09. The van der Waals surface area contributed by atoms with Crippen LogP contribution < -0.4 is 5.32 Å². The normalized spacial score (nSPS) is 10.9. The van der Waals surface area contributed by atoms with Crippen molar-refractivity contribution in [2.75, 3.05) is 13.6 Å². The molecule has 0 aliphatic rings. The van der Waals surface area contributed by atoms with Gasteiger partial charge in [0.05, 0.1) is 17.2 Å². The van der Waals surface area contributed by atoms with E-state index < -0.39 is 0 Å². The highest BCUT2D eigenvalue weighted by Crippen LogP contribution is 2.20. The molecule has 8 heteroatoms. The van der Waals surface area contributed by atoms with Crippen LogP contribution in [0.4, 0.5) is 0 Å². The molecule has 0 bridgehead atoms. The first-order valence-electron chi connectivity index (χ1n) is 5.24. The van der Waals surface area contributed by atoms with Gasteiger partial charge in [0.1, 0.15) is 0 Å². The van der Waals surface area contributed by atoms with Crippen molar-refractivity contribution in [1.29, 1.82) is 0 Å². The molecule has 2 heterocycles. The largest absolute Gasteiger partial charge is 0.318 e. The first-order valence-corrected chi connectivity index (χ1v) is 7.10. The zero-order valence-corrected chi connectivity index (χ0v) is 11.4. The second-order valence-electron chi connectivity index (χ2n) is 3.43. The predicted molar refractivity (Wildman–Crippen MR) is 68.2 cm³/mol. The number of hydrogen-bond acceptors (Lipinski definition) is 7. The third kappa shape index (κ3) is 3.48. The zero-order chi connectivity index (χ0) is 12.1. The number of hydrogen-bond donors (Lipinski definition) is 1. The number of nitrogens with one attached hydrogen (secondary N) is 1. The first kappa shape index (κ1) is 12.5. The summed E-state index contributed by atoms with van der Waals surface area (Å²) in [4.78, 5) is 4.41. The van der Waals surface area contributed by atoms with Crippen molar-refractivity contribution in [3.8, 4) is 0 Å². The van der Waals surface area contributed by atoms with Gasteiger partial charge in [0.25, 0.3) is 0 Å². The van der Waals surface area contributed by atoms with Crippen LogP contribution in [0.15, 0.2) is 10.5 Å².